The predicted molar refractivity (Wildman–Crippen MR) is 82.5 cm³/mol. The Morgan fingerprint density at radius 3 is 2.74 bits per heavy atom. The van der Waals surface area contributed by atoms with Gasteiger partial charge in [0, 0.05) is 35.4 Å². The van der Waals surface area contributed by atoms with Gasteiger partial charge >= 0.3 is 0 Å². The van der Waals surface area contributed by atoms with E-state index in [0.717, 1.165) is 29.4 Å². The van der Waals surface area contributed by atoms with Crippen molar-refractivity contribution in [3.63, 3.8) is 0 Å². The fourth-order valence-corrected chi connectivity index (χ4v) is 3.22. The molecule has 0 atom stereocenters. The van der Waals surface area contributed by atoms with Crippen LogP contribution in [0.1, 0.15) is 24.0 Å². The molecule has 0 unspecified atom stereocenters. The third kappa shape index (κ3) is 3.11. The lowest BCUT2D eigenvalue weighted by atomic mass is 10.1. The Hall–Kier alpha value is -1.03. The van der Waals surface area contributed by atoms with Gasteiger partial charge in [-0.2, -0.15) is 11.3 Å². The first-order valence-electron chi connectivity index (χ1n) is 6.52. The highest BCUT2D eigenvalue weighted by atomic mass is 35.5. The molecule has 0 radical (unpaired) electrons. The van der Waals surface area contributed by atoms with Gasteiger partial charge < -0.3 is 5.73 Å². The topological polar surface area (TPSA) is 29.3 Å². The number of anilines is 1. The van der Waals surface area contributed by atoms with E-state index in [2.05, 4.69) is 21.7 Å². The number of thiophene rings is 1. The monoisotopic (exact) mass is 292 g/mol. The number of halogens is 1. The van der Waals surface area contributed by atoms with E-state index in [4.69, 9.17) is 17.3 Å². The van der Waals surface area contributed by atoms with Crippen molar-refractivity contribution >= 4 is 28.6 Å². The van der Waals surface area contributed by atoms with E-state index >= 15 is 0 Å². The van der Waals surface area contributed by atoms with Gasteiger partial charge in [-0.25, -0.2) is 0 Å². The zero-order valence-corrected chi connectivity index (χ0v) is 12.3. The zero-order valence-electron chi connectivity index (χ0n) is 10.7. The van der Waals surface area contributed by atoms with Crippen LogP contribution in [-0.4, -0.2) is 10.9 Å². The highest BCUT2D eigenvalue weighted by molar-refractivity contribution is 7.07. The first-order chi connectivity index (χ1) is 9.24. The van der Waals surface area contributed by atoms with E-state index in [-0.39, 0.29) is 0 Å². The standard InChI is InChI=1S/C15H17ClN2S/c16-14-2-1-3-15(17)13(14)9-18(12-4-5-12)8-11-6-7-19-10-11/h1-3,6-7,10,12H,4-5,8-9,17H2. The average molecular weight is 293 g/mol. The van der Waals surface area contributed by atoms with E-state index in [1.165, 1.54) is 18.4 Å². The van der Waals surface area contributed by atoms with Gasteiger partial charge in [0.2, 0.25) is 0 Å². The number of nitrogens with zero attached hydrogens (tertiary/aromatic N) is 1. The maximum Gasteiger partial charge on any atom is 0.0471 e. The van der Waals surface area contributed by atoms with Crippen molar-refractivity contribution in [1.29, 1.82) is 0 Å². The van der Waals surface area contributed by atoms with Crippen molar-refractivity contribution in [3.05, 3.63) is 51.2 Å². The molecule has 1 heterocycles. The van der Waals surface area contributed by atoms with Crippen LogP contribution in [0.2, 0.25) is 5.02 Å². The van der Waals surface area contributed by atoms with Crippen molar-refractivity contribution in [2.75, 3.05) is 5.73 Å². The summed E-state index contributed by atoms with van der Waals surface area (Å²) in [6, 6.07) is 8.63. The fourth-order valence-electron chi connectivity index (χ4n) is 2.32. The Bertz CT molecular complexity index is 529. The van der Waals surface area contributed by atoms with Gasteiger partial charge in [-0.1, -0.05) is 17.7 Å². The SMILES string of the molecule is Nc1cccc(Cl)c1CN(Cc1ccsc1)C1CC1. The average Bonchev–Trinajstić information content (AvgIpc) is 3.11. The molecule has 19 heavy (non-hydrogen) atoms. The molecule has 1 fully saturated rings. The van der Waals surface area contributed by atoms with E-state index in [0.29, 0.717) is 6.04 Å². The summed E-state index contributed by atoms with van der Waals surface area (Å²) < 4.78 is 0. The lowest BCUT2D eigenvalue weighted by molar-refractivity contribution is 0.246. The summed E-state index contributed by atoms with van der Waals surface area (Å²) in [6.45, 7) is 1.82. The molecule has 2 nitrogen and oxygen atoms in total. The Morgan fingerprint density at radius 2 is 2.11 bits per heavy atom. The maximum absolute atomic E-state index is 6.28. The van der Waals surface area contributed by atoms with Gasteiger partial charge in [-0.05, 0) is 47.4 Å². The quantitative estimate of drug-likeness (QED) is 0.839. The summed E-state index contributed by atoms with van der Waals surface area (Å²) in [7, 11) is 0. The molecule has 1 aromatic heterocycles. The van der Waals surface area contributed by atoms with Crippen molar-refractivity contribution < 1.29 is 0 Å². The maximum atomic E-state index is 6.28. The molecule has 2 N–H and O–H groups in total. The number of benzene rings is 1. The second-order valence-electron chi connectivity index (χ2n) is 5.08. The molecule has 0 bridgehead atoms. The Morgan fingerprint density at radius 1 is 1.26 bits per heavy atom. The Kier molecular flexibility index (Phi) is 3.78. The van der Waals surface area contributed by atoms with Crippen molar-refractivity contribution in [2.24, 2.45) is 0 Å². The van der Waals surface area contributed by atoms with Crippen molar-refractivity contribution in [2.45, 2.75) is 32.0 Å². The number of rotatable bonds is 5. The molecule has 1 saturated carbocycles. The van der Waals surface area contributed by atoms with E-state index in [1.54, 1.807) is 11.3 Å². The lowest BCUT2D eigenvalue weighted by Gasteiger charge is -2.23. The van der Waals surface area contributed by atoms with E-state index in [9.17, 15) is 0 Å². The van der Waals surface area contributed by atoms with Crippen LogP contribution in [0.4, 0.5) is 5.69 Å². The Balaban J connectivity index is 1.78. The molecular formula is C15H17ClN2S. The summed E-state index contributed by atoms with van der Waals surface area (Å²) >= 11 is 8.02. The number of nitrogen functional groups attached to an aromatic ring is 1. The van der Waals surface area contributed by atoms with Gasteiger partial charge in [0.25, 0.3) is 0 Å². The van der Waals surface area contributed by atoms with E-state index in [1.807, 2.05) is 18.2 Å². The lowest BCUT2D eigenvalue weighted by Crippen LogP contribution is -2.25. The van der Waals surface area contributed by atoms with Gasteiger partial charge in [-0.15, -0.1) is 0 Å². The second kappa shape index (κ2) is 5.53. The summed E-state index contributed by atoms with van der Waals surface area (Å²) in [4.78, 5) is 2.49. The Labute approximate surface area is 122 Å². The van der Waals surface area contributed by atoms with E-state index < -0.39 is 0 Å². The summed E-state index contributed by atoms with van der Waals surface area (Å²) in [5.41, 5.74) is 9.29. The molecule has 4 heteroatoms. The zero-order chi connectivity index (χ0) is 13.2. The largest absolute Gasteiger partial charge is 0.398 e. The molecule has 1 aliphatic carbocycles. The molecule has 1 aromatic carbocycles. The third-order valence-corrected chi connectivity index (χ3v) is 4.63. The van der Waals surface area contributed by atoms with Gasteiger partial charge in [0.05, 0.1) is 0 Å². The minimum atomic E-state index is 0.690. The van der Waals surface area contributed by atoms with Crippen LogP contribution in [0.5, 0.6) is 0 Å². The van der Waals surface area contributed by atoms with Crippen LogP contribution in [0.25, 0.3) is 0 Å². The smallest absolute Gasteiger partial charge is 0.0471 e. The van der Waals surface area contributed by atoms with Gasteiger partial charge in [0.1, 0.15) is 0 Å². The number of hydrogen-bond donors (Lipinski definition) is 1. The number of hydrogen-bond acceptors (Lipinski definition) is 3. The summed E-state index contributed by atoms with van der Waals surface area (Å²) in [5, 5.41) is 5.12. The van der Waals surface area contributed by atoms with Gasteiger partial charge in [-0.3, -0.25) is 4.90 Å². The fraction of sp³-hybridized carbons (Fsp3) is 0.333. The molecule has 2 aromatic rings. The molecule has 100 valence electrons. The highest BCUT2D eigenvalue weighted by Gasteiger charge is 2.29. The predicted octanol–water partition coefficient (Wildman–Crippen LogP) is 4.15. The van der Waals surface area contributed by atoms with Crippen LogP contribution in [0.15, 0.2) is 35.0 Å². The first kappa shape index (κ1) is 13.0. The van der Waals surface area contributed by atoms with Crippen LogP contribution in [0, 0.1) is 0 Å². The van der Waals surface area contributed by atoms with Crippen LogP contribution in [0.3, 0.4) is 0 Å². The summed E-state index contributed by atoms with van der Waals surface area (Å²) in [5.74, 6) is 0. The van der Waals surface area contributed by atoms with Gasteiger partial charge in [0.15, 0.2) is 0 Å². The molecule has 0 aliphatic heterocycles. The molecule has 0 amide bonds. The normalized spacial score (nSPS) is 15.1. The van der Waals surface area contributed by atoms with Crippen LogP contribution < -0.4 is 5.73 Å². The minimum Gasteiger partial charge on any atom is -0.398 e. The van der Waals surface area contributed by atoms with Crippen LogP contribution >= 0.6 is 22.9 Å². The minimum absolute atomic E-state index is 0.690. The molecule has 0 saturated heterocycles. The summed E-state index contributed by atoms with van der Waals surface area (Å²) in [6.07, 6.45) is 2.57. The first-order valence-corrected chi connectivity index (χ1v) is 7.84. The van der Waals surface area contributed by atoms with Crippen LogP contribution in [-0.2, 0) is 13.1 Å². The molecule has 0 spiro atoms. The number of nitrogens with two attached hydrogens (primary N) is 1. The molecular weight excluding hydrogens is 276 g/mol. The van der Waals surface area contributed by atoms with Crippen molar-refractivity contribution in [1.82, 2.24) is 4.90 Å². The molecule has 3 rings (SSSR count). The highest BCUT2D eigenvalue weighted by Crippen LogP contribution is 2.33. The third-order valence-electron chi connectivity index (χ3n) is 3.55. The second-order valence-corrected chi connectivity index (χ2v) is 6.26. The van der Waals surface area contributed by atoms with Crippen molar-refractivity contribution in [3.8, 4) is 0 Å². The molecule has 1 aliphatic rings.